The summed E-state index contributed by atoms with van der Waals surface area (Å²) in [4.78, 5) is 12.6. The molecule has 0 amide bonds. The van der Waals surface area contributed by atoms with Crippen LogP contribution in [0.5, 0.6) is 0 Å². The van der Waals surface area contributed by atoms with Gasteiger partial charge in [0.05, 0.1) is 6.04 Å². The van der Waals surface area contributed by atoms with Crippen LogP contribution in [0.1, 0.15) is 54.4 Å². The molecule has 19 heavy (non-hydrogen) atoms. The topological polar surface area (TPSA) is 91.0 Å². The highest BCUT2D eigenvalue weighted by Crippen LogP contribution is 2.23. The highest BCUT2D eigenvalue weighted by Gasteiger charge is 2.34. The van der Waals surface area contributed by atoms with Gasteiger partial charge in [0.1, 0.15) is 0 Å². The highest BCUT2D eigenvalue weighted by molar-refractivity contribution is 5.90. The molecule has 0 aliphatic heterocycles. The van der Waals surface area contributed by atoms with Crippen molar-refractivity contribution in [2.24, 2.45) is 11.1 Å². The highest BCUT2D eigenvalue weighted by atomic mass is 16.1. The van der Waals surface area contributed by atoms with Crippen molar-refractivity contribution in [1.29, 1.82) is 5.41 Å². The van der Waals surface area contributed by atoms with E-state index < -0.39 is 0 Å². The summed E-state index contributed by atoms with van der Waals surface area (Å²) in [6.07, 6.45) is 1.71. The fourth-order valence-corrected chi connectivity index (χ4v) is 1.64. The molecule has 112 valence electrons. The van der Waals surface area contributed by atoms with Crippen molar-refractivity contribution in [3.8, 4) is 0 Å². The van der Waals surface area contributed by atoms with Crippen LogP contribution in [0.15, 0.2) is 0 Å². The lowest BCUT2D eigenvalue weighted by atomic mass is 9.81. The minimum atomic E-state index is -0.375. The second-order valence-electron chi connectivity index (χ2n) is 6.33. The van der Waals surface area contributed by atoms with Crippen molar-refractivity contribution in [2.45, 2.75) is 66.0 Å². The second-order valence-corrected chi connectivity index (χ2v) is 6.33. The van der Waals surface area contributed by atoms with Gasteiger partial charge in [-0.15, -0.1) is 0 Å². The lowest BCUT2D eigenvalue weighted by Gasteiger charge is -2.34. The van der Waals surface area contributed by atoms with Crippen molar-refractivity contribution in [1.82, 2.24) is 10.6 Å². The Labute approximate surface area is 117 Å². The Morgan fingerprint density at radius 1 is 1.21 bits per heavy atom. The molecular weight excluding hydrogens is 240 g/mol. The Morgan fingerprint density at radius 3 is 2.11 bits per heavy atom. The molecule has 5 N–H and O–H groups in total. The van der Waals surface area contributed by atoms with E-state index in [0.29, 0.717) is 6.54 Å². The number of ketones is 1. The number of rotatable bonds is 8. The Kier molecular flexibility index (Phi) is 6.49. The number of nitrogens with one attached hydrogen (secondary N) is 3. The third-order valence-electron chi connectivity index (χ3n) is 3.81. The largest absolute Gasteiger partial charge is 0.370 e. The molecule has 0 aliphatic rings. The zero-order valence-electron chi connectivity index (χ0n) is 13.2. The van der Waals surface area contributed by atoms with Crippen molar-refractivity contribution in [3.63, 3.8) is 0 Å². The third kappa shape index (κ3) is 6.05. The normalized spacial score (nSPS) is 14.0. The van der Waals surface area contributed by atoms with Gasteiger partial charge in [0.2, 0.25) is 0 Å². The van der Waals surface area contributed by atoms with Crippen LogP contribution in [0.25, 0.3) is 0 Å². The van der Waals surface area contributed by atoms with Crippen molar-refractivity contribution >= 4 is 11.7 Å². The molecule has 5 heteroatoms. The smallest absolute Gasteiger partial charge is 0.185 e. The first kappa shape index (κ1) is 17.9. The molecule has 0 heterocycles. The molecule has 0 aromatic carbocycles. The Hall–Kier alpha value is -1.10. The maximum absolute atomic E-state index is 12.6. The van der Waals surface area contributed by atoms with Crippen LogP contribution in [0.4, 0.5) is 0 Å². The molecule has 0 saturated heterocycles. The summed E-state index contributed by atoms with van der Waals surface area (Å²) in [5, 5.41) is 13.4. The molecular formula is C14H30N4O. The first-order valence-electron chi connectivity index (χ1n) is 6.95. The Morgan fingerprint density at radius 2 is 1.74 bits per heavy atom. The van der Waals surface area contributed by atoms with E-state index in [-0.39, 0.29) is 28.7 Å². The Bertz CT molecular complexity index is 323. The molecule has 0 aromatic heterocycles. The summed E-state index contributed by atoms with van der Waals surface area (Å²) >= 11 is 0. The van der Waals surface area contributed by atoms with E-state index in [1.807, 2.05) is 20.8 Å². The quantitative estimate of drug-likeness (QED) is 0.398. The lowest BCUT2D eigenvalue weighted by molar-refractivity contribution is -0.129. The fourth-order valence-electron chi connectivity index (χ4n) is 1.64. The molecule has 1 unspecified atom stereocenters. The lowest BCUT2D eigenvalue weighted by Crippen LogP contribution is -2.57. The van der Waals surface area contributed by atoms with Crippen LogP contribution in [-0.2, 0) is 4.79 Å². The van der Waals surface area contributed by atoms with E-state index >= 15 is 0 Å². The SMILES string of the molecule is CCC(C)(C)NC(CNC(=N)N)C(=O)C(C)(C)CC. The van der Waals surface area contributed by atoms with Gasteiger partial charge in [-0.05, 0) is 26.7 Å². The minimum Gasteiger partial charge on any atom is -0.370 e. The summed E-state index contributed by atoms with van der Waals surface area (Å²) in [6.45, 7) is 12.5. The van der Waals surface area contributed by atoms with E-state index in [9.17, 15) is 4.79 Å². The molecule has 5 nitrogen and oxygen atoms in total. The van der Waals surface area contributed by atoms with Crippen LogP contribution in [0.3, 0.4) is 0 Å². The summed E-state index contributed by atoms with van der Waals surface area (Å²) in [7, 11) is 0. The zero-order valence-corrected chi connectivity index (χ0v) is 13.2. The predicted octanol–water partition coefficient (Wildman–Crippen LogP) is 1.62. The summed E-state index contributed by atoms with van der Waals surface area (Å²) in [6, 6.07) is -0.339. The number of hydrogen-bond donors (Lipinski definition) is 4. The van der Waals surface area contributed by atoms with Gasteiger partial charge in [0.15, 0.2) is 11.7 Å². The van der Waals surface area contributed by atoms with Gasteiger partial charge < -0.3 is 16.4 Å². The van der Waals surface area contributed by atoms with Gasteiger partial charge in [0.25, 0.3) is 0 Å². The molecule has 0 rings (SSSR count). The van der Waals surface area contributed by atoms with Gasteiger partial charge in [-0.2, -0.15) is 0 Å². The van der Waals surface area contributed by atoms with Crippen LogP contribution < -0.4 is 16.4 Å². The minimum absolute atomic E-state index is 0.108. The number of Topliss-reactive ketones (excluding diaryl/α,β-unsaturated/α-hetero) is 1. The van der Waals surface area contributed by atoms with E-state index in [4.69, 9.17) is 11.1 Å². The molecule has 0 radical (unpaired) electrons. The predicted molar refractivity (Wildman–Crippen MR) is 80.3 cm³/mol. The molecule has 0 aliphatic carbocycles. The standard InChI is InChI=1S/C14H30N4O/c1-7-13(3,4)11(19)10(9-17-12(15)16)18-14(5,6)8-2/h10,18H,7-9H2,1-6H3,(H4,15,16,17). The monoisotopic (exact) mass is 270 g/mol. The van der Waals surface area contributed by atoms with E-state index in [0.717, 1.165) is 12.8 Å². The number of guanidine groups is 1. The molecule has 1 atom stereocenters. The number of carbonyl (C=O) groups excluding carboxylic acids is 1. The van der Waals surface area contributed by atoms with Gasteiger partial charge in [-0.25, -0.2) is 0 Å². The number of carbonyl (C=O) groups is 1. The molecule has 0 fully saturated rings. The van der Waals surface area contributed by atoms with Crippen LogP contribution in [-0.4, -0.2) is 29.9 Å². The van der Waals surface area contributed by atoms with Crippen molar-refractivity contribution in [3.05, 3.63) is 0 Å². The summed E-state index contributed by atoms with van der Waals surface area (Å²) in [5.41, 5.74) is 4.81. The van der Waals surface area contributed by atoms with Crippen molar-refractivity contribution < 1.29 is 4.79 Å². The zero-order chi connectivity index (χ0) is 15.3. The maximum atomic E-state index is 12.6. The van der Waals surface area contributed by atoms with E-state index in [2.05, 4.69) is 31.4 Å². The number of nitrogens with two attached hydrogens (primary N) is 1. The molecule has 0 saturated carbocycles. The van der Waals surface area contributed by atoms with E-state index in [1.165, 1.54) is 0 Å². The summed E-state index contributed by atoms with van der Waals surface area (Å²) < 4.78 is 0. The molecule has 0 bridgehead atoms. The number of hydrogen-bond acceptors (Lipinski definition) is 3. The average Bonchev–Trinajstić information content (AvgIpc) is 2.33. The van der Waals surface area contributed by atoms with E-state index in [1.54, 1.807) is 0 Å². The van der Waals surface area contributed by atoms with Crippen LogP contribution in [0, 0.1) is 10.8 Å². The van der Waals surface area contributed by atoms with Crippen LogP contribution in [0.2, 0.25) is 0 Å². The van der Waals surface area contributed by atoms with Crippen LogP contribution >= 0.6 is 0 Å². The fraction of sp³-hybridized carbons (Fsp3) is 0.857. The molecule has 0 spiro atoms. The van der Waals surface area contributed by atoms with Crippen molar-refractivity contribution in [2.75, 3.05) is 6.54 Å². The first-order valence-corrected chi connectivity index (χ1v) is 6.95. The summed E-state index contributed by atoms with van der Waals surface area (Å²) in [5.74, 6) is 0.0495. The molecule has 0 aromatic rings. The second kappa shape index (κ2) is 6.89. The third-order valence-corrected chi connectivity index (χ3v) is 3.81. The average molecular weight is 270 g/mol. The van der Waals surface area contributed by atoms with Gasteiger partial charge in [-0.3, -0.25) is 10.2 Å². The van der Waals surface area contributed by atoms with Gasteiger partial charge >= 0.3 is 0 Å². The van der Waals surface area contributed by atoms with Gasteiger partial charge in [0, 0.05) is 17.5 Å². The maximum Gasteiger partial charge on any atom is 0.185 e. The van der Waals surface area contributed by atoms with Gasteiger partial charge in [-0.1, -0.05) is 27.7 Å². The Balaban J connectivity index is 4.95. The first-order chi connectivity index (χ1) is 8.55.